The van der Waals surface area contributed by atoms with Crippen molar-refractivity contribution in [2.45, 2.75) is 17.1 Å². The fraction of sp³-hybridized carbons (Fsp3) is 0.889. The number of carbonyl (C=O) groups is 1. The summed E-state index contributed by atoms with van der Waals surface area (Å²) in [5, 5.41) is 0.194. The number of hydrogen-bond donors (Lipinski definition) is 0. The monoisotopic (exact) mass is 347 g/mol. The van der Waals surface area contributed by atoms with E-state index in [9.17, 15) is 4.79 Å². The van der Waals surface area contributed by atoms with Crippen LogP contribution in [0, 0.1) is 0 Å². The lowest BCUT2D eigenvalue weighted by Crippen LogP contribution is -2.06. The van der Waals surface area contributed by atoms with Gasteiger partial charge in [-0.2, -0.15) is 0 Å². The number of halogens is 5. The minimum Gasteiger partial charge on any atom is -0.381 e. The molecule has 1 heterocycles. The van der Waals surface area contributed by atoms with Crippen LogP contribution in [0.4, 0.5) is 0 Å². The van der Waals surface area contributed by atoms with Crippen molar-refractivity contribution in [1.82, 2.24) is 4.90 Å². The molecule has 8 heteroatoms. The van der Waals surface area contributed by atoms with Crippen molar-refractivity contribution in [2.24, 2.45) is 0 Å². The molecule has 0 radical (unpaired) electrons. The molecule has 0 saturated carbocycles. The average Bonchev–Trinajstić information content (AvgIpc) is 2.75. The third-order valence-electron chi connectivity index (χ3n) is 1.04. The average molecular weight is 350 g/mol. The number of alkyl halides is 5. The number of nitrogens with zero attached hydrogens (tertiary/aromatic N) is 1. The summed E-state index contributed by atoms with van der Waals surface area (Å²) in [5.74, 6) is 0. The largest absolute Gasteiger partial charge is 0.381 e. The molecule has 0 aromatic heterocycles. The van der Waals surface area contributed by atoms with Crippen LogP contribution >= 0.6 is 58.0 Å². The maximum absolute atomic E-state index is 9.43. The van der Waals surface area contributed by atoms with Gasteiger partial charge < -0.3 is 9.64 Å². The first-order valence-electron chi connectivity index (χ1n) is 4.65. The highest BCUT2D eigenvalue weighted by atomic mass is 35.6. The summed E-state index contributed by atoms with van der Waals surface area (Å²) in [6.07, 6.45) is 3.31. The van der Waals surface area contributed by atoms with Crippen molar-refractivity contribution in [1.29, 1.82) is 0 Å². The lowest BCUT2D eigenvalue weighted by atomic mass is 10.4. The predicted molar refractivity (Wildman–Crippen MR) is 77.7 cm³/mol. The van der Waals surface area contributed by atoms with Crippen LogP contribution in [-0.2, 0) is 9.53 Å². The number of carbonyl (C=O) groups excluding carboxylic acids is 1. The van der Waals surface area contributed by atoms with Gasteiger partial charge in [-0.25, -0.2) is 0 Å². The molecule has 106 valence electrons. The van der Waals surface area contributed by atoms with Gasteiger partial charge in [0, 0.05) is 27.3 Å². The summed E-state index contributed by atoms with van der Waals surface area (Å²) in [5.41, 5.74) is 0. The van der Waals surface area contributed by atoms with Crippen LogP contribution in [0.3, 0.4) is 0 Å². The first-order valence-corrected chi connectivity index (χ1v) is 7.03. The Balaban J connectivity index is -0.000000157. The summed E-state index contributed by atoms with van der Waals surface area (Å²) < 4.78 is 4.19. The molecule has 1 rings (SSSR count). The molecule has 0 bridgehead atoms. The minimum absolute atomic E-state index is 0.194. The molecule has 0 unspecified atom stereocenters. The highest BCUT2D eigenvalue weighted by Gasteiger charge is 1.94. The summed E-state index contributed by atoms with van der Waals surface area (Å²) in [6, 6.07) is 0. The molecule has 0 spiro atoms. The summed E-state index contributed by atoms with van der Waals surface area (Å²) in [7, 11) is 3.38. The molecule has 0 aromatic carbocycles. The molecule has 1 amide bonds. The van der Waals surface area contributed by atoms with E-state index >= 15 is 0 Å². The van der Waals surface area contributed by atoms with Crippen molar-refractivity contribution < 1.29 is 9.53 Å². The van der Waals surface area contributed by atoms with Gasteiger partial charge in [0.05, 0.1) is 5.34 Å². The molecule has 3 nitrogen and oxygen atoms in total. The van der Waals surface area contributed by atoms with E-state index in [4.69, 9.17) is 62.7 Å². The Kier molecular flexibility index (Phi) is 29.9. The van der Waals surface area contributed by atoms with E-state index in [1.165, 1.54) is 17.7 Å². The van der Waals surface area contributed by atoms with Gasteiger partial charge in [-0.1, -0.05) is 34.8 Å². The molecule has 0 N–H and O–H groups in total. The Hall–Kier alpha value is 0.880. The lowest BCUT2D eigenvalue weighted by Gasteiger charge is -1.93. The van der Waals surface area contributed by atoms with Gasteiger partial charge in [0.15, 0.2) is 4.30 Å². The Morgan fingerprint density at radius 3 is 1.47 bits per heavy atom. The quantitative estimate of drug-likeness (QED) is 0.531. The van der Waals surface area contributed by atoms with Crippen molar-refractivity contribution in [2.75, 3.05) is 32.6 Å². The van der Waals surface area contributed by atoms with E-state index in [0.717, 1.165) is 19.6 Å². The zero-order valence-corrected chi connectivity index (χ0v) is 13.6. The lowest BCUT2D eigenvalue weighted by molar-refractivity contribution is -0.115. The zero-order chi connectivity index (χ0) is 14.1. The van der Waals surface area contributed by atoms with Crippen LogP contribution in [-0.4, -0.2) is 48.3 Å². The van der Waals surface area contributed by atoms with E-state index in [1.807, 2.05) is 0 Å². The standard InChI is InChI=1S/C4H8O.C3H7NO.CHCl3.CH2Cl2/c1-2-4-5-3-1;1-4(2)3-5;2-1(3)4;2-1-3/h1-4H2;3H,1-2H3;1H;1H2. The number of ether oxygens (including phenoxy) is 1. The van der Waals surface area contributed by atoms with E-state index < -0.39 is 4.30 Å². The van der Waals surface area contributed by atoms with Gasteiger partial charge in [-0.05, 0) is 12.8 Å². The van der Waals surface area contributed by atoms with E-state index in [1.54, 1.807) is 14.1 Å². The molecule has 1 fully saturated rings. The Morgan fingerprint density at radius 1 is 1.18 bits per heavy atom. The normalized spacial score (nSPS) is 12.2. The molecular formula is C9H18Cl5NO2. The second-order valence-corrected chi connectivity index (χ2v) is 5.52. The second-order valence-electron chi connectivity index (χ2n) is 2.74. The number of hydrogen-bond acceptors (Lipinski definition) is 2. The van der Waals surface area contributed by atoms with Crippen molar-refractivity contribution in [3.8, 4) is 0 Å². The Labute approximate surface area is 128 Å². The fourth-order valence-electron chi connectivity index (χ4n) is 0.510. The van der Waals surface area contributed by atoms with Gasteiger partial charge >= 0.3 is 0 Å². The molecule has 1 aliphatic heterocycles. The van der Waals surface area contributed by atoms with Crippen molar-refractivity contribution in [3.63, 3.8) is 0 Å². The Morgan fingerprint density at radius 2 is 1.41 bits per heavy atom. The maximum Gasteiger partial charge on any atom is 0.209 e. The maximum atomic E-state index is 9.43. The number of rotatable bonds is 1. The minimum atomic E-state index is -0.750. The molecule has 0 aromatic rings. The SMILES string of the molecule is C1CCOC1.CN(C)C=O.ClC(Cl)Cl.ClCCl. The van der Waals surface area contributed by atoms with Crippen LogP contribution in [0.2, 0.25) is 0 Å². The summed E-state index contributed by atoms with van der Waals surface area (Å²) >= 11 is 23.9. The zero-order valence-electron chi connectivity index (χ0n) is 9.84. The molecular weight excluding hydrogens is 331 g/mol. The van der Waals surface area contributed by atoms with Crippen LogP contribution in [0.5, 0.6) is 0 Å². The second kappa shape index (κ2) is 22.1. The highest BCUT2D eigenvalue weighted by Crippen LogP contribution is 2.03. The topological polar surface area (TPSA) is 29.5 Å². The summed E-state index contributed by atoms with van der Waals surface area (Å²) in [6.45, 7) is 2.00. The van der Waals surface area contributed by atoms with Crippen LogP contribution in [0.15, 0.2) is 0 Å². The van der Waals surface area contributed by atoms with Gasteiger partial charge in [-0.3, -0.25) is 4.79 Å². The molecule has 1 aliphatic rings. The Bertz CT molecular complexity index is 124. The van der Waals surface area contributed by atoms with E-state index in [2.05, 4.69) is 0 Å². The van der Waals surface area contributed by atoms with Crippen LogP contribution in [0.1, 0.15) is 12.8 Å². The van der Waals surface area contributed by atoms with Crippen molar-refractivity contribution in [3.05, 3.63) is 0 Å². The van der Waals surface area contributed by atoms with Gasteiger partial charge in [0.2, 0.25) is 6.41 Å². The molecule has 0 aliphatic carbocycles. The fourth-order valence-corrected chi connectivity index (χ4v) is 0.510. The number of amides is 1. The first-order chi connectivity index (χ1) is 7.92. The molecule has 0 atom stereocenters. The van der Waals surface area contributed by atoms with Gasteiger partial charge in [0.25, 0.3) is 0 Å². The van der Waals surface area contributed by atoms with Gasteiger partial charge in [-0.15, -0.1) is 23.2 Å². The first kappa shape index (κ1) is 23.0. The third kappa shape index (κ3) is 60.2. The smallest absolute Gasteiger partial charge is 0.209 e. The highest BCUT2D eigenvalue weighted by molar-refractivity contribution is 6.63. The van der Waals surface area contributed by atoms with Gasteiger partial charge in [0.1, 0.15) is 0 Å². The molecule has 1 saturated heterocycles. The third-order valence-corrected chi connectivity index (χ3v) is 1.04. The van der Waals surface area contributed by atoms with E-state index in [0.29, 0.717) is 0 Å². The van der Waals surface area contributed by atoms with Crippen LogP contribution in [0.25, 0.3) is 0 Å². The summed E-state index contributed by atoms with van der Waals surface area (Å²) in [4.78, 5) is 10.9. The molecule has 17 heavy (non-hydrogen) atoms. The van der Waals surface area contributed by atoms with Crippen molar-refractivity contribution >= 4 is 64.4 Å². The van der Waals surface area contributed by atoms with Crippen LogP contribution < -0.4 is 0 Å². The van der Waals surface area contributed by atoms with E-state index in [-0.39, 0.29) is 5.34 Å². The predicted octanol–water partition coefficient (Wildman–Crippen LogP) is 3.91.